The minimum absolute atomic E-state index is 0.0195. The SMILES string of the molecule is CCCN(CCC)C(=O)c1ccc(NCC(=O)Nc2ccc(C(=O)N(CC)CC)cc2)cc1. The molecule has 0 heterocycles. The predicted octanol–water partition coefficient (Wildman–Crippen LogP) is 4.48. The maximum Gasteiger partial charge on any atom is 0.253 e. The summed E-state index contributed by atoms with van der Waals surface area (Å²) in [6.07, 6.45) is 1.85. The van der Waals surface area contributed by atoms with Crippen molar-refractivity contribution in [3.05, 3.63) is 59.7 Å². The third kappa shape index (κ3) is 7.63. The molecule has 2 aromatic rings. The molecule has 2 aromatic carbocycles. The number of carbonyl (C=O) groups is 3. The summed E-state index contributed by atoms with van der Waals surface area (Å²) in [4.78, 5) is 41.0. The van der Waals surface area contributed by atoms with Gasteiger partial charge in [0.2, 0.25) is 5.91 Å². The van der Waals surface area contributed by atoms with Gasteiger partial charge in [0.05, 0.1) is 6.54 Å². The molecule has 2 rings (SSSR count). The van der Waals surface area contributed by atoms with E-state index >= 15 is 0 Å². The maximum absolute atomic E-state index is 12.7. The second-order valence-electron chi connectivity index (χ2n) is 7.83. The molecule has 0 unspecified atom stereocenters. The molecule has 0 spiro atoms. The highest BCUT2D eigenvalue weighted by Gasteiger charge is 2.14. The van der Waals surface area contributed by atoms with Crippen molar-refractivity contribution in [2.75, 3.05) is 43.4 Å². The first-order chi connectivity index (χ1) is 15.9. The van der Waals surface area contributed by atoms with Crippen molar-refractivity contribution in [3.63, 3.8) is 0 Å². The van der Waals surface area contributed by atoms with Crippen LogP contribution < -0.4 is 10.6 Å². The van der Waals surface area contributed by atoms with Gasteiger partial charge in [-0.25, -0.2) is 0 Å². The highest BCUT2D eigenvalue weighted by molar-refractivity contribution is 5.97. The monoisotopic (exact) mass is 452 g/mol. The Morgan fingerprint density at radius 2 is 1.12 bits per heavy atom. The largest absolute Gasteiger partial charge is 0.376 e. The quantitative estimate of drug-likeness (QED) is 0.497. The fourth-order valence-corrected chi connectivity index (χ4v) is 3.55. The van der Waals surface area contributed by atoms with Crippen LogP contribution in [0.15, 0.2) is 48.5 Å². The van der Waals surface area contributed by atoms with Crippen LogP contribution in [0.25, 0.3) is 0 Å². The summed E-state index contributed by atoms with van der Waals surface area (Å²) in [5.74, 6) is -0.185. The van der Waals surface area contributed by atoms with E-state index in [1.165, 1.54) is 0 Å². The van der Waals surface area contributed by atoms with E-state index in [1.807, 2.05) is 30.9 Å². The van der Waals surface area contributed by atoms with E-state index in [0.717, 1.165) is 31.6 Å². The number of anilines is 2. The van der Waals surface area contributed by atoms with Gasteiger partial charge in [-0.3, -0.25) is 14.4 Å². The summed E-state index contributed by atoms with van der Waals surface area (Å²) in [5.41, 5.74) is 2.64. The van der Waals surface area contributed by atoms with E-state index < -0.39 is 0 Å². The van der Waals surface area contributed by atoms with Crippen LogP contribution in [0.4, 0.5) is 11.4 Å². The Balaban J connectivity index is 1.88. The molecule has 0 atom stereocenters. The highest BCUT2D eigenvalue weighted by Crippen LogP contribution is 2.14. The number of nitrogens with one attached hydrogen (secondary N) is 2. The van der Waals surface area contributed by atoms with Crippen molar-refractivity contribution in [3.8, 4) is 0 Å². The van der Waals surface area contributed by atoms with E-state index in [9.17, 15) is 14.4 Å². The van der Waals surface area contributed by atoms with Crippen LogP contribution in [-0.4, -0.2) is 60.2 Å². The number of amides is 3. The van der Waals surface area contributed by atoms with Gasteiger partial charge in [-0.15, -0.1) is 0 Å². The molecule has 0 aliphatic heterocycles. The molecule has 7 nitrogen and oxygen atoms in total. The molecule has 33 heavy (non-hydrogen) atoms. The molecular formula is C26H36N4O3. The minimum Gasteiger partial charge on any atom is -0.376 e. The molecule has 0 aliphatic rings. The fourth-order valence-electron chi connectivity index (χ4n) is 3.55. The number of benzene rings is 2. The molecule has 0 aliphatic carbocycles. The van der Waals surface area contributed by atoms with Crippen molar-refractivity contribution in [1.29, 1.82) is 0 Å². The lowest BCUT2D eigenvalue weighted by atomic mass is 10.1. The van der Waals surface area contributed by atoms with Crippen LogP contribution in [-0.2, 0) is 4.79 Å². The second kappa shape index (κ2) is 13.3. The van der Waals surface area contributed by atoms with Crippen molar-refractivity contribution in [2.24, 2.45) is 0 Å². The van der Waals surface area contributed by atoms with E-state index in [4.69, 9.17) is 0 Å². The van der Waals surface area contributed by atoms with Crippen molar-refractivity contribution >= 4 is 29.1 Å². The zero-order valence-electron chi connectivity index (χ0n) is 20.2. The summed E-state index contributed by atoms with van der Waals surface area (Å²) in [5, 5.41) is 5.89. The maximum atomic E-state index is 12.7. The Kier molecular flexibility index (Phi) is 10.4. The molecule has 0 bridgehead atoms. The van der Waals surface area contributed by atoms with Crippen LogP contribution in [0, 0.1) is 0 Å². The summed E-state index contributed by atoms with van der Waals surface area (Å²) in [6.45, 7) is 10.9. The Morgan fingerprint density at radius 3 is 1.58 bits per heavy atom. The van der Waals surface area contributed by atoms with E-state index in [-0.39, 0.29) is 24.3 Å². The first kappa shape index (κ1) is 25.9. The van der Waals surface area contributed by atoms with Gasteiger partial charge in [-0.05, 0) is 75.2 Å². The standard InChI is InChI=1S/C26H36N4O3/c1-5-17-30(18-6-2)26(33)21-9-13-22(14-10-21)27-19-24(31)28-23-15-11-20(12-16-23)25(32)29(7-3)8-4/h9-16,27H,5-8,17-19H2,1-4H3,(H,28,31). The third-order valence-electron chi connectivity index (χ3n) is 5.33. The number of hydrogen-bond donors (Lipinski definition) is 2. The molecule has 3 amide bonds. The molecule has 0 aromatic heterocycles. The van der Waals surface area contributed by atoms with E-state index in [2.05, 4.69) is 24.5 Å². The van der Waals surface area contributed by atoms with Crippen molar-refractivity contribution in [1.82, 2.24) is 9.80 Å². The lowest BCUT2D eigenvalue weighted by Gasteiger charge is -2.21. The van der Waals surface area contributed by atoms with Crippen LogP contribution in [0.1, 0.15) is 61.3 Å². The van der Waals surface area contributed by atoms with Gasteiger partial charge >= 0.3 is 0 Å². The summed E-state index contributed by atoms with van der Waals surface area (Å²) in [7, 11) is 0. The number of hydrogen-bond acceptors (Lipinski definition) is 4. The Hall–Kier alpha value is -3.35. The van der Waals surface area contributed by atoms with E-state index in [0.29, 0.717) is 29.9 Å². The number of nitrogens with zero attached hydrogens (tertiary/aromatic N) is 2. The minimum atomic E-state index is -0.199. The van der Waals surface area contributed by atoms with Gasteiger partial charge in [0.25, 0.3) is 11.8 Å². The molecular weight excluding hydrogens is 416 g/mol. The number of carbonyl (C=O) groups excluding carboxylic acids is 3. The zero-order chi connectivity index (χ0) is 24.2. The van der Waals surface area contributed by atoms with Crippen LogP contribution in [0.3, 0.4) is 0 Å². The zero-order valence-corrected chi connectivity index (χ0v) is 20.2. The number of rotatable bonds is 12. The van der Waals surface area contributed by atoms with E-state index in [1.54, 1.807) is 41.3 Å². The van der Waals surface area contributed by atoms with Crippen LogP contribution in [0.2, 0.25) is 0 Å². The molecule has 0 radical (unpaired) electrons. The topological polar surface area (TPSA) is 81.8 Å². The van der Waals surface area contributed by atoms with Gasteiger partial charge in [-0.2, -0.15) is 0 Å². The Labute approximate surface area is 197 Å². The second-order valence-corrected chi connectivity index (χ2v) is 7.83. The van der Waals surface area contributed by atoms with Gasteiger partial charge < -0.3 is 20.4 Å². The lowest BCUT2D eigenvalue weighted by Crippen LogP contribution is -2.32. The van der Waals surface area contributed by atoms with Crippen LogP contribution in [0.5, 0.6) is 0 Å². The van der Waals surface area contributed by atoms with Gasteiger partial charge in [0.15, 0.2) is 0 Å². The summed E-state index contributed by atoms with van der Waals surface area (Å²) < 4.78 is 0. The predicted molar refractivity (Wildman–Crippen MR) is 134 cm³/mol. The average molecular weight is 453 g/mol. The van der Waals surface area contributed by atoms with Gasteiger partial charge in [0.1, 0.15) is 0 Å². The molecule has 178 valence electrons. The van der Waals surface area contributed by atoms with Crippen molar-refractivity contribution in [2.45, 2.75) is 40.5 Å². The van der Waals surface area contributed by atoms with Gasteiger partial charge in [0, 0.05) is 48.7 Å². The van der Waals surface area contributed by atoms with Gasteiger partial charge in [-0.1, -0.05) is 13.8 Å². The first-order valence-electron chi connectivity index (χ1n) is 11.8. The first-order valence-corrected chi connectivity index (χ1v) is 11.8. The van der Waals surface area contributed by atoms with Crippen LogP contribution >= 0.6 is 0 Å². The fraction of sp³-hybridized carbons (Fsp3) is 0.423. The molecule has 0 fully saturated rings. The normalized spacial score (nSPS) is 10.4. The molecule has 0 saturated heterocycles. The lowest BCUT2D eigenvalue weighted by molar-refractivity contribution is -0.114. The third-order valence-corrected chi connectivity index (χ3v) is 5.33. The summed E-state index contributed by atoms with van der Waals surface area (Å²) in [6, 6.07) is 14.1. The molecule has 7 heteroatoms. The summed E-state index contributed by atoms with van der Waals surface area (Å²) >= 11 is 0. The highest BCUT2D eigenvalue weighted by atomic mass is 16.2. The Morgan fingerprint density at radius 1 is 0.667 bits per heavy atom. The van der Waals surface area contributed by atoms with Crippen molar-refractivity contribution < 1.29 is 14.4 Å². The smallest absolute Gasteiger partial charge is 0.253 e. The average Bonchev–Trinajstić information content (AvgIpc) is 2.83. The molecule has 2 N–H and O–H groups in total. The Bertz CT molecular complexity index is 900. The molecule has 0 saturated carbocycles.